The molecular weight excluding hydrogens is 349 g/mol. The number of carbonyl (C=O) groups excluding carboxylic acids is 1. The quantitative estimate of drug-likeness (QED) is 0.693. The molecule has 2 rings (SSSR count). The number of hydrogen-bond acceptors (Lipinski definition) is 4. The van der Waals surface area contributed by atoms with E-state index in [9.17, 15) is 23.1 Å². The van der Waals surface area contributed by atoms with Gasteiger partial charge in [-0.05, 0) is 55.0 Å². The zero-order chi connectivity index (χ0) is 19.5. The first kappa shape index (κ1) is 20.1. The average molecular weight is 372 g/mol. The molecule has 0 radical (unpaired) electrons. The number of carbonyl (C=O) groups is 1. The van der Waals surface area contributed by atoms with Gasteiger partial charge in [0.1, 0.15) is 17.1 Å². The Balaban J connectivity index is 2.39. The standard InChI is InChI=1S/C19H23F3O4/c1-4-6-7-14-17(23)16(18(24)26-14)15-11(3)8-13(9-12(15)5-2)25-10-19(20,21)22/h8-9,14,23H,4-7,10H2,1-3H3. The number of alkyl halides is 3. The molecule has 4 nitrogen and oxygen atoms in total. The Morgan fingerprint density at radius 2 is 1.96 bits per heavy atom. The van der Waals surface area contributed by atoms with Crippen molar-refractivity contribution < 1.29 is 32.5 Å². The van der Waals surface area contributed by atoms with Gasteiger partial charge in [0.15, 0.2) is 12.7 Å². The molecule has 1 aliphatic rings. The Labute approximate surface area is 150 Å². The summed E-state index contributed by atoms with van der Waals surface area (Å²) in [6.45, 7) is 4.10. The first-order valence-corrected chi connectivity index (χ1v) is 8.65. The van der Waals surface area contributed by atoms with Gasteiger partial charge in [-0.2, -0.15) is 13.2 Å². The largest absolute Gasteiger partial charge is 0.507 e. The van der Waals surface area contributed by atoms with Crippen molar-refractivity contribution in [2.45, 2.75) is 58.7 Å². The molecule has 0 saturated carbocycles. The van der Waals surface area contributed by atoms with E-state index in [0.717, 1.165) is 12.8 Å². The predicted molar refractivity (Wildman–Crippen MR) is 91.1 cm³/mol. The lowest BCUT2D eigenvalue weighted by atomic mass is 9.92. The van der Waals surface area contributed by atoms with E-state index in [2.05, 4.69) is 0 Å². The molecule has 0 saturated heterocycles. The number of aliphatic hydroxyl groups excluding tert-OH is 1. The molecule has 0 fully saturated rings. The molecule has 1 atom stereocenters. The number of cyclic esters (lactones) is 1. The highest BCUT2D eigenvalue weighted by Crippen LogP contribution is 2.37. The van der Waals surface area contributed by atoms with Crippen molar-refractivity contribution in [3.05, 3.63) is 34.6 Å². The SMILES string of the molecule is CCCCC1OC(=O)C(c2c(C)cc(OCC(F)(F)F)cc2CC)=C1O. The maximum atomic E-state index is 12.4. The van der Waals surface area contributed by atoms with Crippen LogP contribution in [0.4, 0.5) is 13.2 Å². The Bertz CT molecular complexity index is 707. The third kappa shape index (κ3) is 4.51. The summed E-state index contributed by atoms with van der Waals surface area (Å²) in [4.78, 5) is 12.3. The van der Waals surface area contributed by atoms with Crippen LogP contribution in [-0.2, 0) is 16.0 Å². The fourth-order valence-electron chi connectivity index (χ4n) is 3.03. The van der Waals surface area contributed by atoms with Crippen molar-refractivity contribution in [2.75, 3.05) is 6.61 Å². The number of halogens is 3. The summed E-state index contributed by atoms with van der Waals surface area (Å²) in [5.41, 5.74) is 1.78. The van der Waals surface area contributed by atoms with E-state index in [0.29, 0.717) is 29.5 Å². The van der Waals surface area contributed by atoms with Gasteiger partial charge in [0.2, 0.25) is 0 Å². The van der Waals surface area contributed by atoms with Gasteiger partial charge in [0.05, 0.1) is 0 Å². The van der Waals surface area contributed by atoms with Crippen molar-refractivity contribution in [3.8, 4) is 5.75 Å². The topological polar surface area (TPSA) is 55.8 Å². The van der Waals surface area contributed by atoms with Crippen molar-refractivity contribution in [2.24, 2.45) is 0 Å². The molecule has 0 spiro atoms. The maximum absolute atomic E-state index is 12.4. The van der Waals surface area contributed by atoms with Crippen LogP contribution in [0.2, 0.25) is 0 Å². The zero-order valence-corrected chi connectivity index (χ0v) is 15.1. The third-order valence-corrected chi connectivity index (χ3v) is 4.26. The van der Waals surface area contributed by atoms with Crippen LogP contribution in [0.1, 0.15) is 49.8 Å². The lowest BCUT2D eigenvalue weighted by Gasteiger charge is -2.15. The summed E-state index contributed by atoms with van der Waals surface area (Å²) in [6, 6.07) is 2.91. The second-order valence-electron chi connectivity index (χ2n) is 6.33. The highest BCUT2D eigenvalue weighted by Gasteiger charge is 2.36. The molecule has 1 aromatic rings. The van der Waals surface area contributed by atoms with Gasteiger partial charge in [-0.15, -0.1) is 0 Å². The minimum atomic E-state index is -4.43. The number of benzene rings is 1. The normalized spacial score (nSPS) is 17.6. The van der Waals surface area contributed by atoms with E-state index >= 15 is 0 Å². The molecule has 7 heteroatoms. The fraction of sp³-hybridized carbons (Fsp3) is 0.526. The molecule has 1 aromatic carbocycles. The van der Waals surface area contributed by atoms with Crippen LogP contribution in [0, 0.1) is 6.92 Å². The van der Waals surface area contributed by atoms with Crippen molar-refractivity contribution >= 4 is 11.5 Å². The highest BCUT2D eigenvalue weighted by atomic mass is 19.4. The number of unbranched alkanes of at least 4 members (excludes halogenated alkanes) is 1. The van der Waals surface area contributed by atoms with Crippen LogP contribution in [0.3, 0.4) is 0 Å². The lowest BCUT2D eigenvalue weighted by molar-refractivity contribution is -0.153. The zero-order valence-electron chi connectivity index (χ0n) is 15.1. The Morgan fingerprint density at radius 1 is 1.27 bits per heavy atom. The molecule has 0 amide bonds. The second kappa shape index (κ2) is 8.01. The van der Waals surface area contributed by atoms with Crippen molar-refractivity contribution in [1.82, 2.24) is 0 Å². The molecule has 1 N–H and O–H groups in total. The monoisotopic (exact) mass is 372 g/mol. The summed E-state index contributed by atoms with van der Waals surface area (Å²) in [7, 11) is 0. The van der Waals surface area contributed by atoms with E-state index in [1.807, 2.05) is 13.8 Å². The van der Waals surface area contributed by atoms with Crippen LogP contribution in [0.5, 0.6) is 5.75 Å². The Hall–Kier alpha value is -2.18. The minimum Gasteiger partial charge on any atom is -0.507 e. The predicted octanol–water partition coefficient (Wildman–Crippen LogP) is 4.88. The third-order valence-electron chi connectivity index (χ3n) is 4.26. The molecule has 144 valence electrons. The van der Waals surface area contributed by atoms with Gasteiger partial charge < -0.3 is 14.6 Å². The van der Waals surface area contributed by atoms with Crippen LogP contribution in [0.25, 0.3) is 5.57 Å². The molecule has 1 aliphatic heterocycles. The molecule has 0 aliphatic carbocycles. The summed E-state index contributed by atoms with van der Waals surface area (Å²) >= 11 is 0. The smallest absolute Gasteiger partial charge is 0.422 e. The minimum absolute atomic E-state index is 0.0782. The maximum Gasteiger partial charge on any atom is 0.422 e. The number of esters is 1. The number of ether oxygens (including phenoxy) is 2. The van der Waals surface area contributed by atoms with Gasteiger partial charge in [-0.25, -0.2) is 4.79 Å². The molecule has 1 unspecified atom stereocenters. The van der Waals surface area contributed by atoms with Gasteiger partial charge in [0, 0.05) is 0 Å². The number of aliphatic hydroxyl groups is 1. The van der Waals surface area contributed by atoms with Gasteiger partial charge in [-0.1, -0.05) is 20.3 Å². The summed E-state index contributed by atoms with van der Waals surface area (Å²) in [5.74, 6) is -0.634. The Morgan fingerprint density at radius 3 is 2.54 bits per heavy atom. The summed E-state index contributed by atoms with van der Waals surface area (Å²) < 4.78 is 47.2. The van der Waals surface area contributed by atoms with Crippen molar-refractivity contribution in [3.63, 3.8) is 0 Å². The van der Waals surface area contributed by atoms with Crippen LogP contribution in [-0.4, -0.2) is 30.0 Å². The van der Waals surface area contributed by atoms with E-state index in [1.54, 1.807) is 6.92 Å². The molecule has 0 bridgehead atoms. The first-order chi connectivity index (χ1) is 12.2. The van der Waals surface area contributed by atoms with Gasteiger partial charge in [-0.3, -0.25) is 0 Å². The van der Waals surface area contributed by atoms with Crippen molar-refractivity contribution in [1.29, 1.82) is 0 Å². The Kier molecular flexibility index (Phi) is 6.21. The molecule has 0 aromatic heterocycles. The second-order valence-corrected chi connectivity index (χ2v) is 6.33. The first-order valence-electron chi connectivity index (χ1n) is 8.65. The number of aryl methyl sites for hydroxylation is 2. The van der Waals surface area contributed by atoms with Crippen LogP contribution >= 0.6 is 0 Å². The molecular formula is C19H23F3O4. The number of rotatable bonds is 7. The van der Waals surface area contributed by atoms with E-state index in [4.69, 9.17) is 9.47 Å². The molecule has 26 heavy (non-hydrogen) atoms. The average Bonchev–Trinajstić information content (AvgIpc) is 2.84. The van der Waals surface area contributed by atoms with E-state index in [-0.39, 0.29) is 17.1 Å². The summed E-state index contributed by atoms with van der Waals surface area (Å²) in [5, 5.41) is 10.5. The number of hydrogen-bond donors (Lipinski definition) is 1. The van der Waals surface area contributed by atoms with Gasteiger partial charge >= 0.3 is 12.1 Å². The fourth-order valence-corrected chi connectivity index (χ4v) is 3.03. The van der Waals surface area contributed by atoms with E-state index < -0.39 is 24.9 Å². The van der Waals surface area contributed by atoms with E-state index in [1.165, 1.54) is 12.1 Å². The van der Waals surface area contributed by atoms with Crippen LogP contribution < -0.4 is 4.74 Å². The van der Waals surface area contributed by atoms with Gasteiger partial charge in [0.25, 0.3) is 0 Å². The molecule has 1 heterocycles. The highest BCUT2D eigenvalue weighted by molar-refractivity contribution is 6.20. The lowest BCUT2D eigenvalue weighted by Crippen LogP contribution is -2.19. The summed E-state index contributed by atoms with van der Waals surface area (Å²) in [6.07, 6.45) is -2.39. The van der Waals surface area contributed by atoms with Crippen LogP contribution in [0.15, 0.2) is 17.9 Å².